The van der Waals surface area contributed by atoms with E-state index >= 15 is 0 Å². The molecule has 5 nitrogen and oxygen atoms in total. The average molecular weight is 223 g/mol. The van der Waals surface area contributed by atoms with Gasteiger partial charge in [0, 0.05) is 13.2 Å². The molecule has 0 N–H and O–H groups in total. The minimum Gasteiger partial charge on any atom is -0.444 e. The fourth-order valence-electron chi connectivity index (χ4n) is 1.06. The fraction of sp³-hybridized carbons (Fsp3) is 0.545. The van der Waals surface area contributed by atoms with Crippen LogP contribution in [0.3, 0.4) is 0 Å². The summed E-state index contributed by atoms with van der Waals surface area (Å²) in [6.45, 7) is 5.92. The molecule has 0 aliphatic rings. The second-order valence-electron chi connectivity index (χ2n) is 4.54. The Kier molecular flexibility index (Phi) is 3.82. The molecule has 1 rings (SSSR count). The summed E-state index contributed by atoms with van der Waals surface area (Å²) >= 11 is 0. The summed E-state index contributed by atoms with van der Waals surface area (Å²) in [6, 6.07) is 1.76. The Morgan fingerprint density at radius 3 is 2.69 bits per heavy atom. The highest BCUT2D eigenvalue weighted by atomic mass is 16.6. The van der Waals surface area contributed by atoms with Crippen LogP contribution in [-0.2, 0) is 11.3 Å². The molecule has 0 saturated carbocycles. The zero-order chi connectivity index (χ0) is 12.2. The predicted octanol–water partition coefficient (Wildman–Crippen LogP) is 1.84. The van der Waals surface area contributed by atoms with Gasteiger partial charge in [-0.3, -0.25) is 0 Å². The number of aromatic nitrogens is 2. The van der Waals surface area contributed by atoms with Crippen LogP contribution in [0, 0.1) is 0 Å². The molecule has 0 aromatic carbocycles. The smallest absolute Gasteiger partial charge is 0.410 e. The number of hydrogen-bond acceptors (Lipinski definition) is 4. The number of hydrogen-bond donors (Lipinski definition) is 0. The molecule has 88 valence electrons. The summed E-state index contributed by atoms with van der Waals surface area (Å²) in [4.78, 5) is 21.0. The number of nitrogens with zero attached hydrogens (tertiary/aromatic N) is 3. The summed E-state index contributed by atoms with van der Waals surface area (Å²) in [7, 11) is 1.68. The molecule has 0 unspecified atom stereocenters. The van der Waals surface area contributed by atoms with Crippen molar-refractivity contribution in [1.82, 2.24) is 14.9 Å². The Morgan fingerprint density at radius 2 is 2.19 bits per heavy atom. The lowest BCUT2D eigenvalue weighted by atomic mass is 10.2. The molecule has 1 aromatic heterocycles. The average Bonchev–Trinajstić information content (AvgIpc) is 2.16. The quantitative estimate of drug-likeness (QED) is 0.767. The van der Waals surface area contributed by atoms with Crippen molar-refractivity contribution in [2.45, 2.75) is 32.9 Å². The van der Waals surface area contributed by atoms with Crippen LogP contribution >= 0.6 is 0 Å². The summed E-state index contributed by atoms with van der Waals surface area (Å²) in [5.74, 6) is 0. The molecule has 0 aliphatic heterocycles. The van der Waals surface area contributed by atoms with Gasteiger partial charge in [0.1, 0.15) is 11.9 Å². The number of carbonyl (C=O) groups excluding carboxylic acids is 1. The molecule has 5 heteroatoms. The highest BCUT2D eigenvalue weighted by molar-refractivity contribution is 5.67. The van der Waals surface area contributed by atoms with E-state index in [1.165, 1.54) is 11.2 Å². The fourth-order valence-corrected chi connectivity index (χ4v) is 1.06. The Balaban J connectivity index is 2.53. The molecule has 0 fully saturated rings. The number of rotatable bonds is 2. The molecule has 0 aliphatic carbocycles. The molecular weight excluding hydrogens is 206 g/mol. The van der Waals surface area contributed by atoms with Crippen molar-refractivity contribution in [3.8, 4) is 0 Å². The van der Waals surface area contributed by atoms with Crippen molar-refractivity contribution in [3.63, 3.8) is 0 Å². The lowest BCUT2D eigenvalue weighted by Crippen LogP contribution is -2.34. The van der Waals surface area contributed by atoms with Gasteiger partial charge in [0.15, 0.2) is 0 Å². The van der Waals surface area contributed by atoms with Crippen LogP contribution in [0.1, 0.15) is 26.5 Å². The van der Waals surface area contributed by atoms with E-state index in [4.69, 9.17) is 4.74 Å². The first-order chi connectivity index (χ1) is 7.38. The molecule has 1 amide bonds. The number of ether oxygens (including phenoxy) is 1. The third-order valence-electron chi connectivity index (χ3n) is 1.75. The maximum Gasteiger partial charge on any atom is 0.410 e. The zero-order valence-electron chi connectivity index (χ0n) is 10.1. The highest BCUT2D eigenvalue weighted by Gasteiger charge is 2.19. The third-order valence-corrected chi connectivity index (χ3v) is 1.75. The minimum atomic E-state index is -0.475. The maximum atomic E-state index is 11.6. The van der Waals surface area contributed by atoms with E-state index in [1.807, 2.05) is 20.8 Å². The molecule has 0 radical (unpaired) electrons. The van der Waals surface area contributed by atoms with Gasteiger partial charge < -0.3 is 9.64 Å². The van der Waals surface area contributed by atoms with Crippen LogP contribution in [0.4, 0.5) is 4.79 Å². The third kappa shape index (κ3) is 4.25. The predicted molar refractivity (Wildman–Crippen MR) is 59.7 cm³/mol. The topological polar surface area (TPSA) is 55.3 Å². The first kappa shape index (κ1) is 12.4. The second-order valence-corrected chi connectivity index (χ2v) is 4.54. The molecular formula is C11H17N3O2. The van der Waals surface area contributed by atoms with Crippen LogP contribution in [-0.4, -0.2) is 33.6 Å². The van der Waals surface area contributed by atoms with Gasteiger partial charge in [-0.2, -0.15) is 0 Å². The molecule has 0 spiro atoms. The Hall–Kier alpha value is -1.65. The van der Waals surface area contributed by atoms with Gasteiger partial charge in [0.05, 0.1) is 12.2 Å². The van der Waals surface area contributed by atoms with Gasteiger partial charge in [-0.25, -0.2) is 14.8 Å². The van der Waals surface area contributed by atoms with Crippen molar-refractivity contribution in [3.05, 3.63) is 24.3 Å². The van der Waals surface area contributed by atoms with Gasteiger partial charge in [0.25, 0.3) is 0 Å². The molecule has 1 aromatic rings. The lowest BCUT2D eigenvalue weighted by molar-refractivity contribution is 0.0283. The highest BCUT2D eigenvalue weighted by Crippen LogP contribution is 2.10. The Morgan fingerprint density at radius 1 is 1.50 bits per heavy atom. The summed E-state index contributed by atoms with van der Waals surface area (Å²) in [6.07, 6.45) is 2.75. The van der Waals surface area contributed by atoms with E-state index in [-0.39, 0.29) is 6.09 Å². The Bertz CT molecular complexity index is 346. The van der Waals surface area contributed by atoms with Crippen LogP contribution in [0.2, 0.25) is 0 Å². The van der Waals surface area contributed by atoms with E-state index in [1.54, 1.807) is 19.3 Å². The van der Waals surface area contributed by atoms with Crippen LogP contribution in [0.15, 0.2) is 18.6 Å². The first-order valence-corrected chi connectivity index (χ1v) is 5.07. The van der Waals surface area contributed by atoms with Gasteiger partial charge in [-0.05, 0) is 26.8 Å². The van der Waals surface area contributed by atoms with E-state index in [0.717, 1.165) is 5.69 Å². The zero-order valence-corrected chi connectivity index (χ0v) is 10.1. The van der Waals surface area contributed by atoms with Crippen LogP contribution in [0.5, 0.6) is 0 Å². The molecule has 0 bridgehead atoms. The second kappa shape index (κ2) is 4.92. The monoisotopic (exact) mass is 223 g/mol. The number of amides is 1. The normalized spacial score (nSPS) is 11.0. The molecule has 0 saturated heterocycles. The van der Waals surface area contributed by atoms with Gasteiger partial charge >= 0.3 is 6.09 Å². The van der Waals surface area contributed by atoms with Crippen LogP contribution < -0.4 is 0 Å². The van der Waals surface area contributed by atoms with Crippen LogP contribution in [0.25, 0.3) is 0 Å². The summed E-state index contributed by atoms with van der Waals surface area (Å²) < 4.78 is 5.22. The molecule has 16 heavy (non-hydrogen) atoms. The van der Waals surface area contributed by atoms with E-state index in [2.05, 4.69) is 9.97 Å². The van der Waals surface area contributed by atoms with Gasteiger partial charge in [-0.15, -0.1) is 0 Å². The molecule has 1 heterocycles. The van der Waals surface area contributed by atoms with Crippen molar-refractivity contribution in [2.24, 2.45) is 0 Å². The lowest BCUT2D eigenvalue weighted by Gasteiger charge is -2.24. The molecule has 0 atom stereocenters. The van der Waals surface area contributed by atoms with Crippen molar-refractivity contribution >= 4 is 6.09 Å². The SMILES string of the molecule is CN(Cc1ccncn1)C(=O)OC(C)(C)C. The standard InChI is InChI=1S/C11H17N3O2/c1-11(2,3)16-10(15)14(4)7-9-5-6-12-8-13-9/h5-6,8H,7H2,1-4H3. The minimum absolute atomic E-state index is 0.355. The summed E-state index contributed by atoms with van der Waals surface area (Å²) in [5, 5.41) is 0. The van der Waals surface area contributed by atoms with Gasteiger partial charge in [-0.1, -0.05) is 0 Å². The van der Waals surface area contributed by atoms with Gasteiger partial charge in [0.2, 0.25) is 0 Å². The van der Waals surface area contributed by atoms with Crippen molar-refractivity contribution in [2.75, 3.05) is 7.05 Å². The van der Waals surface area contributed by atoms with E-state index in [0.29, 0.717) is 6.54 Å². The van der Waals surface area contributed by atoms with E-state index in [9.17, 15) is 4.79 Å². The number of carbonyl (C=O) groups is 1. The Labute approximate surface area is 95.5 Å². The summed E-state index contributed by atoms with van der Waals surface area (Å²) in [5.41, 5.74) is 0.306. The van der Waals surface area contributed by atoms with Crippen molar-refractivity contribution in [1.29, 1.82) is 0 Å². The van der Waals surface area contributed by atoms with Crippen molar-refractivity contribution < 1.29 is 9.53 Å². The maximum absolute atomic E-state index is 11.6. The first-order valence-electron chi connectivity index (χ1n) is 5.07. The largest absolute Gasteiger partial charge is 0.444 e. The van der Waals surface area contributed by atoms with E-state index < -0.39 is 5.60 Å².